The van der Waals surface area contributed by atoms with Crippen molar-refractivity contribution in [3.63, 3.8) is 0 Å². The molecule has 1 aromatic carbocycles. The van der Waals surface area contributed by atoms with Crippen LogP contribution in [0.2, 0.25) is 0 Å². The lowest BCUT2D eigenvalue weighted by Gasteiger charge is -2.34. The predicted octanol–water partition coefficient (Wildman–Crippen LogP) is 3.05. The fourth-order valence-electron chi connectivity index (χ4n) is 2.48. The van der Waals surface area contributed by atoms with Crippen LogP contribution in [0.15, 0.2) is 23.6 Å². The summed E-state index contributed by atoms with van der Waals surface area (Å²) < 4.78 is 26.1. The van der Waals surface area contributed by atoms with Crippen LogP contribution >= 0.6 is 11.3 Å². The van der Waals surface area contributed by atoms with E-state index in [0.29, 0.717) is 6.54 Å². The van der Waals surface area contributed by atoms with E-state index in [2.05, 4.69) is 20.2 Å². The number of thiazole rings is 1. The minimum absolute atomic E-state index is 0.655. The predicted molar refractivity (Wildman–Crippen MR) is 80.7 cm³/mol. The Balaban J connectivity index is 1.57. The Hall–Kier alpha value is -1.53. The summed E-state index contributed by atoms with van der Waals surface area (Å²) in [5, 5.41) is 3.13. The second-order valence-electron chi connectivity index (χ2n) is 5.28. The van der Waals surface area contributed by atoms with Gasteiger partial charge in [-0.25, -0.2) is 13.8 Å². The summed E-state index contributed by atoms with van der Waals surface area (Å²) in [6.45, 7) is 6.28. The van der Waals surface area contributed by atoms with Crippen LogP contribution in [0.5, 0.6) is 0 Å². The van der Waals surface area contributed by atoms with E-state index in [1.165, 1.54) is 12.1 Å². The number of aromatic nitrogens is 1. The second kappa shape index (κ2) is 6.07. The molecule has 0 spiro atoms. The second-order valence-corrected chi connectivity index (χ2v) is 6.12. The molecule has 0 unspecified atom stereocenters. The average Bonchev–Trinajstić information content (AvgIpc) is 2.90. The zero-order valence-corrected chi connectivity index (χ0v) is 12.7. The molecule has 1 fully saturated rings. The van der Waals surface area contributed by atoms with Crippen LogP contribution in [0.25, 0.3) is 0 Å². The van der Waals surface area contributed by atoms with Crippen molar-refractivity contribution < 1.29 is 8.78 Å². The molecule has 0 amide bonds. The molecule has 0 atom stereocenters. The molecule has 3 rings (SSSR count). The lowest BCUT2D eigenvalue weighted by molar-refractivity contribution is 0.249. The van der Waals surface area contributed by atoms with E-state index in [4.69, 9.17) is 0 Å². The van der Waals surface area contributed by atoms with E-state index in [9.17, 15) is 8.78 Å². The number of rotatable bonds is 3. The first-order chi connectivity index (χ1) is 10.1. The highest BCUT2D eigenvalue weighted by molar-refractivity contribution is 7.13. The van der Waals surface area contributed by atoms with Crippen molar-refractivity contribution in [3.8, 4) is 0 Å². The molecule has 2 heterocycles. The molecule has 3 nitrogen and oxygen atoms in total. The fourth-order valence-corrected chi connectivity index (χ4v) is 3.34. The van der Waals surface area contributed by atoms with Crippen molar-refractivity contribution in [2.45, 2.75) is 13.5 Å². The number of hydrogen-bond donors (Lipinski definition) is 0. The van der Waals surface area contributed by atoms with Crippen LogP contribution in [0.1, 0.15) is 11.3 Å². The number of benzene rings is 1. The maximum atomic E-state index is 13.2. The maximum absolute atomic E-state index is 13.2. The zero-order chi connectivity index (χ0) is 14.8. The van der Waals surface area contributed by atoms with Gasteiger partial charge in [0.2, 0.25) is 0 Å². The van der Waals surface area contributed by atoms with Gasteiger partial charge in [-0.2, -0.15) is 0 Å². The van der Waals surface area contributed by atoms with Crippen LogP contribution in [0.4, 0.5) is 13.9 Å². The van der Waals surface area contributed by atoms with Gasteiger partial charge < -0.3 is 4.90 Å². The molecule has 6 heteroatoms. The van der Waals surface area contributed by atoms with Crippen molar-refractivity contribution >= 4 is 16.5 Å². The number of aryl methyl sites for hydroxylation is 1. The van der Waals surface area contributed by atoms with Gasteiger partial charge in [0.1, 0.15) is 0 Å². The Kier molecular flexibility index (Phi) is 4.17. The van der Waals surface area contributed by atoms with Crippen molar-refractivity contribution in [1.82, 2.24) is 9.88 Å². The maximum Gasteiger partial charge on any atom is 0.185 e. The van der Waals surface area contributed by atoms with Crippen LogP contribution in [0, 0.1) is 18.6 Å². The SMILES string of the molecule is Cc1csc(N2CCN(Cc3ccc(F)c(F)c3)CC2)n1. The standard InChI is InChI=1S/C15H17F2N3S/c1-11-10-21-15(18-11)20-6-4-19(5-7-20)9-12-2-3-13(16)14(17)8-12/h2-3,8,10H,4-7,9H2,1H3. The smallest absolute Gasteiger partial charge is 0.185 e. The van der Waals surface area contributed by atoms with E-state index >= 15 is 0 Å². The van der Waals surface area contributed by atoms with E-state index in [0.717, 1.165) is 42.6 Å². The third-order valence-corrected chi connectivity index (χ3v) is 4.66. The highest BCUT2D eigenvalue weighted by atomic mass is 32.1. The van der Waals surface area contributed by atoms with Gasteiger partial charge in [0.25, 0.3) is 0 Å². The largest absolute Gasteiger partial charge is 0.346 e. The third-order valence-electron chi connectivity index (χ3n) is 3.64. The first-order valence-corrected chi connectivity index (χ1v) is 7.83. The van der Waals surface area contributed by atoms with Crippen LogP contribution in [-0.4, -0.2) is 36.1 Å². The Morgan fingerprint density at radius 2 is 1.90 bits per heavy atom. The molecular formula is C15H17F2N3S. The highest BCUT2D eigenvalue weighted by Crippen LogP contribution is 2.22. The van der Waals surface area contributed by atoms with Crippen LogP contribution < -0.4 is 4.90 Å². The molecule has 1 aromatic heterocycles. The summed E-state index contributed by atoms with van der Waals surface area (Å²) in [7, 11) is 0. The number of piperazine rings is 1. The zero-order valence-electron chi connectivity index (χ0n) is 11.9. The lowest BCUT2D eigenvalue weighted by Crippen LogP contribution is -2.45. The highest BCUT2D eigenvalue weighted by Gasteiger charge is 2.19. The fraction of sp³-hybridized carbons (Fsp3) is 0.400. The van der Waals surface area contributed by atoms with E-state index in [1.807, 2.05) is 6.92 Å². The van der Waals surface area contributed by atoms with E-state index in [1.54, 1.807) is 17.4 Å². The summed E-state index contributed by atoms with van der Waals surface area (Å²) in [5.74, 6) is -1.56. The molecule has 0 aliphatic carbocycles. The van der Waals surface area contributed by atoms with Gasteiger partial charge in [-0.3, -0.25) is 4.90 Å². The monoisotopic (exact) mass is 309 g/mol. The Labute approximate surface area is 126 Å². The summed E-state index contributed by atoms with van der Waals surface area (Å²) >= 11 is 1.67. The molecule has 1 saturated heterocycles. The molecule has 0 N–H and O–H groups in total. The Morgan fingerprint density at radius 3 is 2.52 bits per heavy atom. The summed E-state index contributed by atoms with van der Waals surface area (Å²) in [6.07, 6.45) is 0. The van der Waals surface area contributed by atoms with Gasteiger partial charge in [-0.1, -0.05) is 6.07 Å². The van der Waals surface area contributed by atoms with Gasteiger partial charge in [0.05, 0.1) is 5.69 Å². The number of halogens is 2. The van der Waals surface area contributed by atoms with Gasteiger partial charge in [-0.15, -0.1) is 11.3 Å². The van der Waals surface area contributed by atoms with Gasteiger partial charge in [-0.05, 0) is 24.6 Å². The van der Waals surface area contributed by atoms with Gasteiger partial charge in [0.15, 0.2) is 16.8 Å². The molecule has 0 radical (unpaired) electrons. The molecular weight excluding hydrogens is 292 g/mol. The van der Waals surface area contributed by atoms with Crippen LogP contribution in [0.3, 0.4) is 0 Å². The molecule has 0 bridgehead atoms. The van der Waals surface area contributed by atoms with Gasteiger partial charge in [0, 0.05) is 38.1 Å². The normalized spacial score (nSPS) is 16.4. The van der Waals surface area contributed by atoms with E-state index < -0.39 is 11.6 Å². The summed E-state index contributed by atoms with van der Waals surface area (Å²) in [4.78, 5) is 9.03. The number of nitrogens with zero attached hydrogens (tertiary/aromatic N) is 3. The van der Waals surface area contributed by atoms with Crippen molar-refractivity contribution in [2.75, 3.05) is 31.1 Å². The number of anilines is 1. The summed E-state index contributed by atoms with van der Waals surface area (Å²) in [5.41, 5.74) is 1.87. The van der Waals surface area contributed by atoms with Crippen LogP contribution in [-0.2, 0) is 6.54 Å². The molecule has 112 valence electrons. The van der Waals surface area contributed by atoms with Crippen molar-refractivity contribution in [2.24, 2.45) is 0 Å². The minimum atomic E-state index is -0.789. The Bertz CT molecular complexity index is 621. The average molecular weight is 309 g/mol. The first kappa shape index (κ1) is 14.4. The molecule has 21 heavy (non-hydrogen) atoms. The lowest BCUT2D eigenvalue weighted by atomic mass is 10.2. The third kappa shape index (κ3) is 3.39. The molecule has 2 aromatic rings. The summed E-state index contributed by atoms with van der Waals surface area (Å²) in [6, 6.07) is 4.13. The molecule has 0 saturated carbocycles. The first-order valence-electron chi connectivity index (χ1n) is 6.95. The Morgan fingerprint density at radius 1 is 1.14 bits per heavy atom. The topological polar surface area (TPSA) is 19.4 Å². The minimum Gasteiger partial charge on any atom is -0.346 e. The van der Waals surface area contributed by atoms with E-state index in [-0.39, 0.29) is 0 Å². The molecule has 1 aliphatic rings. The molecule has 1 aliphatic heterocycles. The van der Waals surface area contributed by atoms with Gasteiger partial charge >= 0.3 is 0 Å². The van der Waals surface area contributed by atoms with Crippen molar-refractivity contribution in [1.29, 1.82) is 0 Å². The van der Waals surface area contributed by atoms with Crippen molar-refractivity contribution in [3.05, 3.63) is 46.5 Å². The quantitative estimate of drug-likeness (QED) is 0.869. The number of hydrogen-bond acceptors (Lipinski definition) is 4.